The van der Waals surface area contributed by atoms with E-state index in [1.807, 2.05) is 30.3 Å². The fourth-order valence-electron chi connectivity index (χ4n) is 2.38. The number of hydrogen-bond acceptors (Lipinski definition) is 1. The first kappa shape index (κ1) is 14.0. The van der Waals surface area contributed by atoms with Crippen LogP contribution in [0.5, 0.6) is 0 Å². The highest BCUT2D eigenvalue weighted by Crippen LogP contribution is 2.25. The zero-order valence-corrected chi connectivity index (χ0v) is 12.4. The van der Waals surface area contributed by atoms with Crippen LogP contribution < -0.4 is 0 Å². The third kappa shape index (κ3) is 2.62. The first-order chi connectivity index (χ1) is 10.1. The Balaban J connectivity index is 2.12. The molecule has 0 spiro atoms. The van der Waals surface area contributed by atoms with Crippen LogP contribution in [0.3, 0.4) is 0 Å². The third-order valence-corrected chi connectivity index (χ3v) is 4.09. The van der Waals surface area contributed by atoms with Gasteiger partial charge in [0.2, 0.25) is 0 Å². The van der Waals surface area contributed by atoms with Gasteiger partial charge >= 0.3 is 5.97 Å². The summed E-state index contributed by atoms with van der Waals surface area (Å²) in [7, 11) is 0. The molecule has 1 heterocycles. The van der Waals surface area contributed by atoms with Crippen LogP contribution in [0, 0.1) is 0 Å². The predicted molar refractivity (Wildman–Crippen MR) is 84.5 cm³/mol. The number of halogens is 2. The van der Waals surface area contributed by atoms with Crippen molar-refractivity contribution in [2.75, 3.05) is 0 Å². The topological polar surface area (TPSA) is 42.2 Å². The summed E-state index contributed by atoms with van der Waals surface area (Å²) in [6.45, 7) is 0.423. The Hall–Kier alpha value is -1.97. The van der Waals surface area contributed by atoms with E-state index < -0.39 is 5.97 Å². The number of carboxylic acid groups (broad SMARTS) is 1. The number of carbonyl (C=O) groups is 1. The Morgan fingerprint density at radius 1 is 1.05 bits per heavy atom. The van der Waals surface area contributed by atoms with Crippen molar-refractivity contribution in [1.82, 2.24) is 4.57 Å². The minimum Gasteiger partial charge on any atom is -0.477 e. The molecule has 1 aromatic heterocycles. The van der Waals surface area contributed by atoms with Crippen LogP contribution in [0.25, 0.3) is 10.9 Å². The van der Waals surface area contributed by atoms with Gasteiger partial charge in [-0.05, 0) is 29.8 Å². The Bertz CT molecular complexity index is 839. The summed E-state index contributed by atoms with van der Waals surface area (Å²) in [5.74, 6) is -0.953. The van der Waals surface area contributed by atoms with E-state index in [1.165, 1.54) is 0 Å². The van der Waals surface area contributed by atoms with Crippen molar-refractivity contribution < 1.29 is 9.90 Å². The largest absolute Gasteiger partial charge is 0.477 e. The summed E-state index contributed by atoms with van der Waals surface area (Å²) >= 11 is 11.9. The van der Waals surface area contributed by atoms with E-state index in [2.05, 4.69) is 0 Å². The molecular formula is C16H11Cl2NO2. The SMILES string of the molecule is O=C(O)c1cc2ccccc2n1Cc1ccc(Cl)c(Cl)c1. The molecule has 0 atom stereocenters. The van der Waals surface area contributed by atoms with Gasteiger partial charge in [-0.15, -0.1) is 0 Å². The van der Waals surface area contributed by atoms with Crippen molar-refractivity contribution in [2.45, 2.75) is 6.54 Å². The fraction of sp³-hybridized carbons (Fsp3) is 0.0625. The van der Waals surface area contributed by atoms with Crippen molar-refractivity contribution in [3.63, 3.8) is 0 Å². The van der Waals surface area contributed by atoms with E-state index in [1.54, 1.807) is 22.8 Å². The number of benzene rings is 2. The first-order valence-electron chi connectivity index (χ1n) is 6.32. The van der Waals surface area contributed by atoms with Gasteiger partial charge in [-0.25, -0.2) is 4.79 Å². The number of carboxylic acids is 1. The predicted octanol–water partition coefficient (Wildman–Crippen LogP) is 4.69. The molecule has 106 valence electrons. The van der Waals surface area contributed by atoms with Gasteiger partial charge in [-0.3, -0.25) is 0 Å². The van der Waals surface area contributed by atoms with Crippen molar-refractivity contribution in [3.05, 3.63) is 69.8 Å². The molecule has 21 heavy (non-hydrogen) atoms. The number of nitrogens with zero attached hydrogens (tertiary/aromatic N) is 1. The van der Waals surface area contributed by atoms with Gasteiger partial charge < -0.3 is 9.67 Å². The minimum atomic E-state index is -0.953. The Morgan fingerprint density at radius 3 is 2.52 bits per heavy atom. The second kappa shape index (κ2) is 5.43. The number of rotatable bonds is 3. The van der Waals surface area contributed by atoms with Crippen LogP contribution in [0.15, 0.2) is 48.5 Å². The number of para-hydroxylation sites is 1. The van der Waals surface area contributed by atoms with Gasteiger partial charge in [0.15, 0.2) is 0 Å². The molecule has 3 rings (SSSR count). The lowest BCUT2D eigenvalue weighted by Crippen LogP contribution is -2.09. The zero-order chi connectivity index (χ0) is 15.0. The maximum atomic E-state index is 11.4. The molecule has 0 aliphatic heterocycles. The van der Waals surface area contributed by atoms with Crippen molar-refractivity contribution in [1.29, 1.82) is 0 Å². The molecule has 0 aliphatic carbocycles. The first-order valence-corrected chi connectivity index (χ1v) is 7.07. The normalized spacial score (nSPS) is 11.0. The van der Waals surface area contributed by atoms with E-state index in [4.69, 9.17) is 23.2 Å². The van der Waals surface area contributed by atoms with E-state index >= 15 is 0 Å². The maximum Gasteiger partial charge on any atom is 0.352 e. The molecular weight excluding hydrogens is 309 g/mol. The third-order valence-electron chi connectivity index (χ3n) is 3.35. The van der Waals surface area contributed by atoms with Crippen molar-refractivity contribution >= 4 is 40.1 Å². The lowest BCUT2D eigenvalue weighted by molar-refractivity contribution is 0.0686. The molecule has 0 amide bonds. The maximum absolute atomic E-state index is 11.4. The second-order valence-corrected chi connectivity index (χ2v) is 5.54. The molecule has 0 aliphatic rings. The summed E-state index contributed by atoms with van der Waals surface area (Å²) in [5, 5.41) is 11.2. The molecule has 0 saturated heterocycles. The van der Waals surface area contributed by atoms with E-state index in [9.17, 15) is 9.90 Å². The van der Waals surface area contributed by atoms with Gasteiger partial charge in [0, 0.05) is 17.4 Å². The fourth-order valence-corrected chi connectivity index (χ4v) is 2.70. The van der Waals surface area contributed by atoms with Crippen LogP contribution in [0.1, 0.15) is 16.1 Å². The van der Waals surface area contributed by atoms with Crippen LogP contribution in [-0.2, 0) is 6.54 Å². The van der Waals surface area contributed by atoms with Crippen LogP contribution in [0.4, 0.5) is 0 Å². The minimum absolute atomic E-state index is 0.252. The smallest absolute Gasteiger partial charge is 0.352 e. The highest BCUT2D eigenvalue weighted by atomic mass is 35.5. The summed E-state index contributed by atoms with van der Waals surface area (Å²) in [6, 6.07) is 14.6. The highest BCUT2D eigenvalue weighted by Gasteiger charge is 2.14. The van der Waals surface area contributed by atoms with E-state index in [0.717, 1.165) is 16.5 Å². The monoisotopic (exact) mass is 319 g/mol. The average Bonchev–Trinajstić information content (AvgIpc) is 2.82. The summed E-state index contributed by atoms with van der Waals surface area (Å²) in [6.07, 6.45) is 0. The molecule has 0 fully saturated rings. The van der Waals surface area contributed by atoms with Gasteiger partial charge in [0.25, 0.3) is 0 Å². The average molecular weight is 320 g/mol. The van der Waals surface area contributed by atoms with Crippen LogP contribution in [-0.4, -0.2) is 15.6 Å². The number of hydrogen-bond donors (Lipinski definition) is 1. The number of fused-ring (bicyclic) bond motifs is 1. The molecule has 2 aromatic carbocycles. The molecule has 0 saturated carbocycles. The van der Waals surface area contributed by atoms with Gasteiger partial charge in [-0.1, -0.05) is 47.5 Å². The standard InChI is InChI=1S/C16H11Cl2NO2/c17-12-6-5-10(7-13(12)18)9-19-14-4-2-1-3-11(14)8-15(19)16(20)21/h1-8H,9H2,(H,20,21). The van der Waals surface area contributed by atoms with Crippen molar-refractivity contribution in [2.24, 2.45) is 0 Å². The van der Waals surface area contributed by atoms with E-state index in [0.29, 0.717) is 16.6 Å². The quantitative estimate of drug-likeness (QED) is 0.760. The second-order valence-electron chi connectivity index (χ2n) is 4.73. The number of aromatic carboxylic acids is 1. The highest BCUT2D eigenvalue weighted by molar-refractivity contribution is 6.42. The molecule has 3 aromatic rings. The molecule has 0 radical (unpaired) electrons. The molecule has 3 nitrogen and oxygen atoms in total. The lowest BCUT2D eigenvalue weighted by atomic mass is 10.2. The Labute approximate surface area is 131 Å². The van der Waals surface area contributed by atoms with Gasteiger partial charge in [-0.2, -0.15) is 0 Å². The van der Waals surface area contributed by atoms with Crippen LogP contribution in [0.2, 0.25) is 10.0 Å². The Morgan fingerprint density at radius 2 is 1.81 bits per heavy atom. The van der Waals surface area contributed by atoms with E-state index in [-0.39, 0.29) is 5.69 Å². The molecule has 1 N–H and O–H groups in total. The van der Waals surface area contributed by atoms with Gasteiger partial charge in [0.05, 0.1) is 10.0 Å². The summed E-state index contributed by atoms with van der Waals surface area (Å²) in [4.78, 5) is 11.4. The molecule has 0 bridgehead atoms. The number of aromatic nitrogens is 1. The molecule has 0 unspecified atom stereocenters. The van der Waals surface area contributed by atoms with Crippen LogP contribution >= 0.6 is 23.2 Å². The Kier molecular flexibility index (Phi) is 3.62. The lowest BCUT2D eigenvalue weighted by Gasteiger charge is -2.09. The van der Waals surface area contributed by atoms with Gasteiger partial charge in [0.1, 0.15) is 5.69 Å². The zero-order valence-electron chi connectivity index (χ0n) is 10.9. The summed E-state index contributed by atoms with van der Waals surface area (Å²) in [5.41, 5.74) is 2.02. The molecule has 5 heteroatoms. The van der Waals surface area contributed by atoms with Crippen molar-refractivity contribution in [3.8, 4) is 0 Å². The summed E-state index contributed by atoms with van der Waals surface area (Å²) < 4.78 is 1.76.